The first-order valence-electron chi connectivity index (χ1n) is 6.35. The van der Waals surface area contributed by atoms with Crippen molar-refractivity contribution in [2.24, 2.45) is 11.5 Å². The van der Waals surface area contributed by atoms with Gasteiger partial charge >= 0.3 is 12.2 Å². The van der Waals surface area contributed by atoms with Crippen molar-refractivity contribution >= 4 is 17.8 Å². The fourth-order valence-electron chi connectivity index (χ4n) is 1.72. The van der Waals surface area contributed by atoms with E-state index in [1.165, 1.54) is 19.1 Å². The Morgan fingerprint density at radius 3 is 2.13 bits per heavy atom. The van der Waals surface area contributed by atoms with Gasteiger partial charge in [-0.15, -0.1) is 0 Å². The van der Waals surface area contributed by atoms with Crippen LogP contribution in [0.1, 0.15) is 24.1 Å². The molecule has 0 saturated carbocycles. The summed E-state index contributed by atoms with van der Waals surface area (Å²) in [6.07, 6.45) is -4.51. The van der Waals surface area contributed by atoms with Gasteiger partial charge in [-0.1, -0.05) is 12.1 Å². The predicted octanol–water partition coefficient (Wildman–Crippen LogP) is 0.405. The van der Waals surface area contributed by atoms with E-state index in [0.29, 0.717) is 0 Å². The molecule has 0 fully saturated rings. The standard InChI is InChI=1S/C13H15F3N4O3/c1-6(7-3-2-4-8(5-7)13(14,15)16)19-12(23)20-9(10(17)21)11(18)22/h2-6,9H,1H3,(H2,17,21)(H2,18,22)(H2,19,20,23). The zero-order valence-corrected chi connectivity index (χ0v) is 12.0. The fourth-order valence-corrected chi connectivity index (χ4v) is 1.72. The summed E-state index contributed by atoms with van der Waals surface area (Å²) in [5, 5.41) is 4.22. The third kappa shape index (κ3) is 5.16. The van der Waals surface area contributed by atoms with Gasteiger partial charge in [0.1, 0.15) is 0 Å². The van der Waals surface area contributed by atoms with Crippen LogP contribution in [0.15, 0.2) is 24.3 Å². The first-order valence-corrected chi connectivity index (χ1v) is 6.35. The van der Waals surface area contributed by atoms with Gasteiger partial charge in [0.25, 0.3) is 0 Å². The number of carbonyl (C=O) groups excluding carboxylic acids is 3. The maximum absolute atomic E-state index is 12.6. The van der Waals surface area contributed by atoms with Gasteiger partial charge < -0.3 is 22.1 Å². The lowest BCUT2D eigenvalue weighted by Crippen LogP contribution is -2.55. The molecule has 7 nitrogen and oxygen atoms in total. The summed E-state index contributed by atoms with van der Waals surface area (Å²) in [7, 11) is 0. The van der Waals surface area contributed by atoms with Crippen molar-refractivity contribution in [1.29, 1.82) is 0 Å². The largest absolute Gasteiger partial charge is 0.416 e. The molecular weight excluding hydrogens is 317 g/mol. The Morgan fingerprint density at radius 1 is 1.09 bits per heavy atom. The van der Waals surface area contributed by atoms with Crippen LogP contribution < -0.4 is 22.1 Å². The van der Waals surface area contributed by atoms with E-state index in [9.17, 15) is 27.6 Å². The third-order valence-electron chi connectivity index (χ3n) is 2.91. The minimum absolute atomic E-state index is 0.185. The molecule has 126 valence electrons. The third-order valence-corrected chi connectivity index (χ3v) is 2.91. The molecule has 0 bridgehead atoms. The molecule has 0 aliphatic rings. The van der Waals surface area contributed by atoms with Gasteiger partial charge in [0.05, 0.1) is 11.6 Å². The molecule has 1 aromatic rings. The maximum atomic E-state index is 12.6. The zero-order chi connectivity index (χ0) is 17.8. The Labute approximate surface area is 129 Å². The second-order valence-electron chi connectivity index (χ2n) is 4.70. The van der Waals surface area contributed by atoms with Gasteiger partial charge in [0.15, 0.2) is 6.04 Å². The number of halogens is 3. The SMILES string of the molecule is CC(NC(=O)NC(C(N)=O)C(N)=O)c1cccc(C(F)(F)F)c1. The second-order valence-corrected chi connectivity index (χ2v) is 4.70. The number of hydrogen-bond acceptors (Lipinski definition) is 3. The highest BCUT2D eigenvalue weighted by atomic mass is 19.4. The molecule has 0 aliphatic heterocycles. The monoisotopic (exact) mass is 332 g/mol. The molecule has 10 heteroatoms. The molecule has 23 heavy (non-hydrogen) atoms. The van der Waals surface area contributed by atoms with Crippen LogP contribution in [-0.4, -0.2) is 23.9 Å². The summed E-state index contributed by atoms with van der Waals surface area (Å²) in [6, 6.07) is 0.848. The Hall–Kier alpha value is -2.78. The lowest BCUT2D eigenvalue weighted by Gasteiger charge is -2.18. The van der Waals surface area contributed by atoms with Gasteiger partial charge in [0, 0.05) is 0 Å². The maximum Gasteiger partial charge on any atom is 0.416 e. The smallest absolute Gasteiger partial charge is 0.367 e. The summed E-state index contributed by atoms with van der Waals surface area (Å²) < 4.78 is 37.9. The molecule has 4 amide bonds. The molecule has 0 aromatic heterocycles. The van der Waals surface area contributed by atoms with E-state index in [1.54, 1.807) is 0 Å². The van der Waals surface area contributed by atoms with Crippen LogP contribution >= 0.6 is 0 Å². The van der Waals surface area contributed by atoms with E-state index >= 15 is 0 Å². The van der Waals surface area contributed by atoms with Crippen LogP contribution in [0.3, 0.4) is 0 Å². The molecule has 0 radical (unpaired) electrons. The normalized spacial score (nSPS) is 12.6. The number of alkyl halides is 3. The number of primary amides is 2. The van der Waals surface area contributed by atoms with Crippen LogP contribution in [0, 0.1) is 0 Å². The van der Waals surface area contributed by atoms with Crippen LogP contribution in [0.25, 0.3) is 0 Å². The van der Waals surface area contributed by atoms with Crippen molar-refractivity contribution in [2.45, 2.75) is 25.2 Å². The van der Waals surface area contributed by atoms with E-state index in [2.05, 4.69) is 5.32 Å². The van der Waals surface area contributed by atoms with E-state index in [1.807, 2.05) is 5.32 Å². The number of urea groups is 1. The van der Waals surface area contributed by atoms with Crippen molar-refractivity contribution in [3.05, 3.63) is 35.4 Å². The highest BCUT2D eigenvalue weighted by Crippen LogP contribution is 2.30. The van der Waals surface area contributed by atoms with Crippen LogP contribution in [0.2, 0.25) is 0 Å². The lowest BCUT2D eigenvalue weighted by molar-refractivity contribution is -0.137. The summed E-state index contributed by atoms with van der Waals surface area (Å²) in [5.41, 5.74) is 9.10. The number of nitrogens with two attached hydrogens (primary N) is 2. The number of hydrogen-bond donors (Lipinski definition) is 4. The number of carbonyl (C=O) groups is 3. The minimum Gasteiger partial charge on any atom is -0.367 e. The van der Waals surface area contributed by atoms with E-state index in [-0.39, 0.29) is 5.56 Å². The molecule has 6 N–H and O–H groups in total. The molecule has 1 unspecified atom stereocenters. The van der Waals surface area contributed by atoms with Crippen LogP contribution in [0.4, 0.5) is 18.0 Å². The first kappa shape index (κ1) is 18.3. The van der Waals surface area contributed by atoms with Crippen LogP contribution in [0.5, 0.6) is 0 Å². The molecule has 0 heterocycles. The predicted molar refractivity (Wildman–Crippen MR) is 73.7 cm³/mol. The average molecular weight is 332 g/mol. The number of rotatable bonds is 5. The number of amides is 4. The molecule has 0 saturated heterocycles. The lowest BCUT2D eigenvalue weighted by atomic mass is 10.1. The first-order chi connectivity index (χ1) is 10.5. The summed E-state index contributed by atoms with van der Waals surface area (Å²) >= 11 is 0. The molecule has 0 spiro atoms. The summed E-state index contributed by atoms with van der Waals surface area (Å²) in [5.74, 6) is -2.31. The Kier molecular flexibility index (Phi) is 5.55. The second kappa shape index (κ2) is 6.99. The van der Waals surface area contributed by atoms with Crippen molar-refractivity contribution in [3.8, 4) is 0 Å². The fraction of sp³-hybridized carbons (Fsp3) is 0.308. The molecule has 0 aliphatic carbocycles. The Balaban J connectivity index is 2.80. The van der Waals surface area contributed by atoms with E-state index in [0.717, 1.165) is 12.1 Å². The highest BCUT2D eigenvalue weighted by Gasteiger charge is 2.31. The quantitative estimate of drug-likeness (QED) is 0.583. The highest BCUT2D eigenvalue weighted by molar-refractivity contribution is 6.05. The van der Waals surface area contributed by atoms with Gasteiger partial charge in [-0.25, -0.2) is 4.79 Å². The number of benzene rings is 1. The van der Waals surface area contributed by atoms with Gasteiger partial charge in [0.2, 0.25) is 11.8 Å². The molecule has 1 rings (SSSR count). The van der Waals surface area contributed by atoms with Crippen molar-refractivity contribution in [1.82, 2.24) is 10.6 Å². The Morgan fingerprint density at radius 2 is 1.65 bits per heavy atom. The van der Waals surface area contributed by atoms with Gasteiger partial charge in [-0.05, 0) is 24.6 Å². The zero-order valence-electron chi connectivity index (χ0n) is 12.0. The van der Waals surface area contributed by atoms with Gasteiger partial charge in [-0.3, -0.25) is 9.59 Å². The molecular formula is C13H15F3N4O3. The average Bonchev–Trinajstić information content (AvgIpc) is 2.43. The van der Waals surface area contributed by atoms with Crippen molar-refractivity contribution < 1.29 is 27.6 Å². The van der Waals surface area contributed by atoms with Crippen LogP contribution in [-0.2, 0) is 15.8 Å². The van der Waals surface area contributed by atoms with E-state index < -0.39 is 41.7 Å². The number of nitrogens with one attached hydrogen (secondary N) is 2. The molecule has 1 aromatic carbocycles. The molecule has 1 atom stereocenters. The minimum atomic E-state index is -4.51. The topological polar surface area (TPSA) is 127 Å². The summed E-state index contributed by atoms with van der Waals surface area (Å²) in [4.78, 5) is 33.6. The Bertz CT molecular complexity index is 605. The van der Waals surface area contributed by atoms with E-state index in [4.69, 9.17) is 11.5 Å². The van der Waals surface area contributed by atoms with Gasteiger partial charge in [-0.2, -0.15) is 13.2 Å². The summed E-state index contributed by atoms with van der Waals surface area (Å²) in [6.45, 7) is 1.43. The van der Waals surface area contributed by atoms with Crippen molar-refractivity contribution in [2.75, 3.05) is 0 Å². The van der Waals surface area contributed by atoms with Crippen molar-refractivity contribution in [3.63, 3.8) is 0 Å².